The van der Waals surface area contributed by atoms with E-state index < -0.39 is 0 Å². The SMILES string of the molecule is C1COCCO1.[Sb]. The van der Waals surface area contributed by atoms with Crippen LogP contribution >= 0.6 is 0 Å². The molecule has 1 saturated heterocycles. The zero-order valence-corrected chi connectivity index (χ0v) is 6.64. The van der Waals surface area contributed by atoms with Gasteiger partial charge >= 0.3 is 0 Å². The first kappa shape index (κ1) is 7.74. The fraction of sp³-hybridized carbons (Fsp3) is 1.00. The van der Waals surface area contributed by atoms with Crippen molar-refractivity contribution >= 4 is 24.4 Å². The Labute approximate surface area is 60.6 Å². The molecule has 0 aromatic rings. The van der Waals surface area contributed by atoms with Crippen molar-refractivity contribution in [1.82, 2.24) is 0 Å². The molecule has 7 heavy (non-hydrogen) atoms. The van der Waals surface area contributed by atoms with Crippen LogP contribution in [0.5, 0.6) is 0 Å². The fourth-order valence-electron chi connectivity index (χ4n) is 0.440. The third kappa shape index (κ3) is 3.33. The van der Waals surface area contributed by atoms with Gasteiger partial charge in [-0.05, 0) is 0 Å². The summed E-state index contributed by atoms with van der Waals surface area (Å²) in [7, 11) is 0. The van der Waals surface area contributed by atoms with E-state index in [9.17, 15) is 0 Å². The van der Waals surface area contributed by atoms with Gasteiger partial charge < -0.3 is 9.47 Å². The summed E-state index contributed by atoms with van der Waals surface area (Å²) in [4.78, 5) is 0. The van der Waals surface area contributed by atoms with E-state index >= 15 is 0 Å². The van der Waals surface area contributed by atoms with Gasteiger partial charge in [-0.15, -0.1) is 0 Å². The molecule has 1 aliphatic rings. The molecule has 0 aromatic carbocycles. The van der Waals surface area contributed by atoms with Gasteiger partial charge in [0.2, 0.25) is 0 Å². The Morgan fingerprint density at radius 2 is 1.00 bits per heavy atom. The van der Waals surface area contributed by atoms with E-state index in [-0.39, 0.29) is 24.4 Å². The van der Waals surface area contributed by atoms with Crippen LogP contribution in [-0.2, 0) is 9.47 Å². The van der Waals surface area contributed by atoms with Crippen LogP contribution in [0.1, 0.15) is 0 Å². The van der Waals surface area contributed by atoms with Crippen LogP contribution in [0.25, 0.3) is 0 Å². The average Bonchev–Trinajstić information content (AvgIpc) is 1.72. The van der Waals surface area contributed by atoms with Gasteiger partial charge in [0.15, 0.2) is 0 Å². The van der Waals surface area contributed by atoms with E-state index in [1.54, 1.807) is 0 Å². The molecule has 1 aliphatic heterocycles. The Morgan fingerprint density at radius 3 is 1.14 bits per heavy atom. The van der Waals surface area contributed by atoms with E-state index in [2.05, 4.69) is 0 Å². The van der Waals surface area contributed by atoms with Crippen LogP contribution in [0, 0.1) is 0 Å². The van der Waals surface area contributed by atoms with Gasteiger partial charge in [-0.3, -0.25) is 0 Å². The second-order valence-electron chi connectivity index (χ2n) is 1.22. The standard InChI is InChI=1S/C4H8O2.Sb/c1-2-6-4-3-5-1;/h1-4H2;. The molecule has 0 unspecified atom stereocenters. The molecule has 3 radical (unpaired) electrons. The summed E-state index contributed by atoms with van der Waals surface area (Å²) >= 11 is 0. The first-order valence-corrected chi connectivity index (χ1v) is 2.15. The molecule has 1 rings (SSSR count). The van der Waals surface area contributed by atoms with Crippen LogP contribution in [0.3, 0.4) is 0 Å². The maximum absolute atomic E-state index is 4.94. The molecular formula is C4H8O2Sb. The Balaban J connectivity index is 0.000000360. The first-order valence-electron chi connectivity index (χ1n) is 2.15. The molecule has 41 valence electrons. The molecule has 1 heterocycles. The van der Waals surface area contributed by atoms with Crippen LogP contribution in [0.4, 0.5) is 0 Å². The largest absolute Gasteiger partial charge is 0.377 e. The Hall–Kier alpha value is 0.738. The Bertz CT molecular complexity index is 25.2. The average molecular weight is 210 g/mol. The smallest absolute Gasteiger partial charge is 0.0701 e. The summed E-state index contributed by atoms with van der Waals surface area (Å²) in [6.45, 7) is 3.11. The summed E-state index contributed by atoms with van der Waals surface area (Å²) in [5.41, 5.74) is 0. The van der Waals surface area contributed by atoms with E-state index in [1.807, 2.05) is 0 Å². The maximum Gasteiger partial charge on any atom is 0.0701 e. The third-order valence-electron chi connectivity index (χ3n) is 0.744. The van der Waals surface area contributed by atoms with Gasteiger partial charge in [0.05, 0.1) is 26.4 Å². The van der Waals surface area contributed by atoms with Crippen molar-refractivity contribution in [3.05, 3.63) is 0 Å². The normalized spacial score (nSPS) is 20.6. The number of hydrogen-bond donors (Lipinski definition) is 0. The maximum atomic E-state index is 4.94. The molecule has 0 amide bonds. The quantitative estimate of drug-likeness (QED) is 0.508. The second kappa shape index (κ2) is 4.89. The molecule has 0 spiro atoms. The van der Waals surface area contributed by atoms with Crippen molar-refractivity contribution in [2.24, 2.45) is 0 Å². The molecule has 3 heteroatoms. The number of ether oxygens (including phenoxy) is 2. The van der Waals surface area contributed by atoms with Gasteiger partial charge in [-0.25, -0.2) is 0 Å². The van der Waals surface area contributed by atoms with Gasteiger partial charge in [-0.2, -0.15) is 0 Å². The third-order valence-corrected chi connectivity index (χ3v) is 0.744. The summed E-state index contributed by atoms with van der Waals surface area (Å²) in [6.07, 6.45) is 0. The van der Waals surface area contributed by atoms with Crippen molar-refractivity contribution in [3.63, 3.8) is 0 Å². The van der Waals surface area contributed by atoms with Crippen molar-refractivity contribution in [2.75, 3.05) is 26.4 Å². The molecule has 0 N–H and O–H groups in total. The molecule has 1 fully saturated rings. The molecule has 0 aromatic heterocycles. The predicted octanol–water partition coefficient (Wildman–Crippen LogP) is -0.348. The molecule has 2 nitrogen and oxygen atoms in total. The van der Waals surface area contributed by atoms with Crippen molar-refractivity contribution in [1.29, 1.82) is 0 Å². The van der Waals surface area contributed by atoms with Gasteiger partial charge in [0, 0.05) is 24.4 Å². The summed E-state index contributed by atoms with van der Waals surface area (Å²) in [5, 5.41) is 0. The number of rotatable bonds is 0. The monoisotopic (exact) mass is 209 g/mol. The predicted molar refractivity (Wildman–Crippen MR) is 27.4 cm³/mol. The zero-order chi connectivity index (χ0) is 4.24. The van der Waals surface area contributed by atoms with Crippen LogP contribution in [-0.4, -0.2) is 50.9 Å². The van der Waals surface area contributed by atoms with Gasteiger partial charge in [0.25, 0.3) is 0 Å². The van der Waals surface area contributed by atoms with Crippen LogP contribution in [0.15, 0.2) is 0 Å². The van der Waals surface area contributed by atoms with Crippen molar-refractivity contribution in [2.45, 2.75) is 0 Å². The molecular weight excluding hydrogens is 202 g/mol. The van der Waals surface area contributed by atoms with Crippen LogP contribution < -0.4 is 0 Å². The minimum Gasteiger partial charge on any atom is -0.377 e. The minimum atomic E-state index is 0. The number of hydrogen-bond acceptors (Lipinski definition) is 2. The summed E-state index contributed by atoms with van der Waals surface area (Å²) in [6, 6.07) is 0. The molecule has 0 aliphatic carbocycles. The molecule has 0 saturated carbocycles. The first-order chi connectivity index (χ1) is 3.00. The van der Waals surface area contributed by atoms with Gasteiger partial charge in [-0.1, -0.05) is 0 Å². The summed E-state index contributed by atoms with van der Waals surface area (Å²) in [5.74, 6) is 0. The van der Waals surface area contributed by atoms with Crippen molar-refractivity contribution < 1.29 is 9.47 Å². The Kier molecular flexibility index (Phi) is 5.40. The fourth-order valence-corrected chi connectivity index (χ4v) is 0.440. The van der Waals surface area contributed by atoms with Crippen molar-refractivity contribution in [3.8, 4) is 0 Å². The minimum absolute atomic E-state index is 0. The Morgan fingerprint density at radius 1 is 0.714 bits per heavy atom. The topological polar surface area (TPSA) is 18.5 Å². The van der Waals surface area contributed by atoms with Gasteiger partial charge in [0.1, 0.15) is 0 Å². The van der Waals surface area contributed by atoms with E-state index in [0.29, 0.717) is 0 Å². The van der Waals surface area contributed by atoms with E-state index in [1.165, 1.54) is 0 Å². The summed E-state index contributed by atoms with van der Waals surface area (Å²) < 4.78 is 9.89. The molecule has 0 bridgehead atoms. The van der Waals surface area contributed by atoms with E-state index in [0.717, 1.165) is 26.4 Å². The van der Waals surface area contributed by atoms with Crippen LogP contribution in [0.2, 0.25) is 0 Å². The zero-order valence-electron chi connectivity index (χ0n) is 4.09. The second-order valence-corrected chi connectivity index (χ2v) is 1.22. The van der Waals surface area contributed by atoms with E-state index in [4.69, 9.17) is 9.47 Å². The molecule has 0 atom stereocenters.